The Hall–Kier alpha value is -0.350. The van der Waals surface area contributed by atoms with Crippen molar-refractivity contribution in [3.05, 3.63) is 28.0 Å². The van der Waals surface area contributed by atoms with Gasteiger partial charge in [0.15, 0.2) is 0 Å². The monoisotopic (exact) mass is 231 g/mol. The van der Waals surface area contributed by atoms with Crippen LogP contribution in [0.25, 0.3) is 0 Å². The van der Waals surface area contributed by atoms with Gasteiger partial charge in [-0.05, 0) is 11.6 Å². The van der Waals surface area contributed by atoms with E-state index in [2.05, 4.69) is 15.6 Å². The van der Waals surface area contributed by atoms with E-state index in [-0.39, 0.29) is 6.04 Å². The van der Waals surface area contributed by atoms with E-state index in [0.717, 1.165) is 25.2 Å². The number of piperazine rings is 1. The molecular weight excluding hydrogens is 221 g/mol. The summed E-state index contributed by atoms with van der Waals surface area (Å²) in [6.07, 6.45) is 1.76. The molecule has 14 heavy (non-hydrogen) atoms. The number of aromatic nitrogens is 1. The molecule has 0 saturated carbocycles. The lowest BCUT2D eigenvalue weighted by Gasteiger charge is -2.24. The van der Waals surface area contributed by atoms with Crippen LogP contribution in [0.1, 0.15) is 11.6 Å². The first-order valence-electron chi connectivity index (χ1n) is 4.52. The van der Waals surface area contributed by atoms with Gasteiger partial charge in [0, 0.05) is 31.9 Å². The Morgan fingerprint density at radius 1 is 1.36 bits per heavy atom. The molecule has 1 atom stereocenters. The van der Waals surface area contributed by atoms with Crippen LogP contribution in [-0.4, -0.2) is 24.6 Å². The van der Waals surface area contributed by atoms with E-state index < -0.39 is 0 Å². The molecule has 1 saturated heterocycles. The molecule has 0 aromatic carbocycles. The third kappa shape index (κ3) is 2.17. The summed E-state index contributed by atoms with van der Waals surface area (Å²) >= 11 is 11.6. The number of nitrogens with one attached hydrogen (secondary N) is 2. The van der Waals surface area contributed by atoms with Crippen LogP contribution < -0.4 is 10.6 Å². The molecule has 0 amide bonds. The maximum atomic E-state index is 5.89. The van der Waals surface area contributed by atoms with Gasteiger partial charge in [-0.1, -0.05) is 23.2 Å². The highest BCUT2D eigenvalue weighted by Crippen LogP contribution is 2.23. The first-order valence-corrected chi connectivity index (χ1v) is 5.28. The fraction of sp³-hybridized carbons (Fsp3) is 0.444. The van der Waals surface area contributed by atoms with Crippen molar-refractivity contribution in [1.29, 1.82) is 0 Å². The minimum atomic E-state index is 0.283. The van der Waals surface area contributed by atoms with E-state index in [0.29, 0.717) is 10.2 Å². The van der Waals surface area contributed by atoms with Gasteiger partial charge in [0.25, 0.3) is 0 Å². The van der Waals surface area contributed by atoms with E-state index in [4.69, 9.17) is 23.2 Å². The minimum absolute atomic E-state index is 0.283. The third-order valence-electron chi connectivity index (χ3n) is 2.26. The molecule has 1 aromatic rings. The highest BCUT2D eigenvalue weighted by atomic mass is 35.5. The molecule has 2 heterocycles. The maximum absolute atomic E-state index is 5.89. The Balaban J connectivity index is 2.18. The lowest BCUT2D eigenvalue weighted by atomic mass is 10.1. The van der Waals surface area contributed by atoms with E-state index in [1.54, 1.807) is 6.20 Å². The zero-order chi connectivity index (χ0) is 9.97. The third-order valence-corrected chi connectivity index (χ3v) is 2.95. The largest absolute Gasteiger partial charge is 0.314 e. The van der Waals surface area contributed by atoms with Crippen molar-refractivity contribution in [2.45, 2.75) is 6.04 Å². The van der Waals surface area contributed by atoms with Crippen molar-refractivity contribution in [3.8, 4) is 0 Å². The predicted molar refractivity (Wildman–Crippen MR) is 57.9 cm³/mol. The summed E-state index contributed by atoms with van der Waals surface area (Å²) in [6, 6.07) is 2.15. The Labute approximate surface area is 92.8 Å². The van der Waals surface area contributed by atoms with Gasteiger partial charge in [-0.2, -0.15) is 0 Å². The average molecular weight is 232 g/mol. The molecule has 2 rings (SSSR count). The first kappa shape index (κ1) is 10.2. The average Bonchev–Trinajstić information content (AvgIpc) is 2.23. The van der Waals surface area contributed by atoms with Gasteiger partial charge in [0.2, 0.25) is 0 Å². The van der Waals surface area contributed by atoms with Gasteiger partial charge in [-0.25, -0.2) is 4.98 Å². The van der Waals surface area contributed by atoms with Crippen LogP contribution in [0, 0.1) is 0 Å². The standard InChI is InChI=1S/C9H11Cl2N3/c10-7-3-6(4-14-9(7)11)8-5-12-1-2-13-8/h3-4,8,12-13H,1-2,5H2. The number of halogens is 2. The van der Waals surface area contributed by atoms with Crippen molar-refractivity contribution in [3.63, 3.8) is 0 Å². The summed E-state index contributed by atoms with van der Waals surface area (Å²) in [5.74, 6) is 0. The molecule has 1 aliphatic heterocycles. The van der Waals surface area contributed by atoms with Crippen molar-refractivity contribution >= 4 is 23.2 Å². The smallest absolute Gasteiger partial charge is 0.147 e. The molecule has 3 nitrogen and oxygen atoms in total. The van der Waals surface area contributed by atoms with Crippen molar-refractivity contribution < 1.29 is 0 Å². The Morgan fingerprint density at radius 3 is 2.86 bits per heavy atom. The van der Waals surface area contributed by atoms with E-state index >= 15 is 0 Å². The number of nitrogens with zero attached hydrogens (tertiary/aromatic N) is 1. The number of hydrogen-bond acceptors (Lipinski definition) is 3. The molecule has 1 aromatic heterocycles. The first-order chi connectivity index (χ1) is 6.77. The molecule has 0 spiro atoms. The van der Waals surface area contributed by atoms with E-state index in [9.17, 15) is 0 Å². The predicted octanol–water partition coefficient (Wildman–Crippen LogP) is 1.62. The van der Waals surface area contributed by atoms with Crippen molar-refractivity contribution in [1.82, 2.24) is 15.6 Å². The summed E-state index contributed by atoms with van der Waals surface area (Å²) in [5.41, 5.74) is 1.08. The molecule has 0 aliphatic carbocycles. The minimum Gasteiger partial charge on any atom is -0.314 e. The number of rotatable bonds is 1. The van der Waals surface area contributed by atoms with E-state index in [1.807, 2.05) is 6.07 Å². The van der Waals surface area contributed by atoms with Gasteiger partial charge in [0.05, 0.1) is 5.02 Å². The normalized spacial score (nSPS) is 22.3. The van der Waals surface area contributed by atoms with Gasteiger partial charge < -0.3 is 10.6 Å². The van der Waals surface area contributed by atoms with Crippen molar-refractivity contribution in [2.75, 3.05) is 19.6 Å². The second kappa shape index (κ2) is 4.45. The molecule has 76 valence electrons. The van der Waals surface area contributed by atoms with Crippen LogP contribution in [0.2, 0.25) is 10.2 Å². The van der Waals surface area contributed by atoms with Crippen LogP contribution >= 0.6 is 23.2 Å². The molecule has 0 radical (unpaired) electrons. The second-order valence-corrected chi connectivity index (χ2v) is 4.02. The zero-order valence-corrected chi connectivity index (χ0v) is 9.07. The highest BCUT2D eigenvalue weighted by molar-refractivity contribution is 6.41. The van der Waals surface area contributed by atoms with E-state index in [1.165, 1.54) is 0 Å². The SMILES string of the molecule is Clc1cc(C2CNCCN2)cnc1Cl. The van der Waals surface area contributed by atoms with Gasteiger partial charge in [-0.15, -0.1) is 0 Å². The summed E-state index contributed by atoms with van der Waals surface area (Å²) in [7, 11) is 0. The fourth-order valence-corrected chi connectivity index (χ4v) is 1.79. The summed E-state index contributed by atoms with van der Waals surface area (Å²) in [6.45, 7) is 2.87. The quantitative estimate of drug-likeness (QED) is 0.722. The van der Waals surface area contributed by atoms with Crippen LogP contribution in [-0.2, 0) is 0 Å². The highest BCUT2D eigenvalue weighted by Gasteiger charge is 2.15. The van der Waals surface area contributed by atoms with Gasteiger partial charge >= 0.3 is 0 Å². The molecule has 1 unspecified atom stereocenters. The Kier molecular flexibility index (Phi) is 3.23. The van der Waals surface area contributed by atoms with Crippen LogP contribution in [0.3, 0.4) is 0 Å². The van der Waals surface area contributed by atoms with Crippen molar-refractivity contribution in [2.24, 2.45) is 0 Å². The van der Waals surface area contributed by atoms with Crippen LogP contribution in [0.5, 0.6) is 0 Å². The lowest BCUT2D eigenvalue weighted by molar-refractivity contribution is 0.429. The number of hydrogen-bond donors (Lipinski definition) is 2. The fourth-order valence-electron chi connectivity index (χ4n) is 1.52. The Morgan fingerprint density at radius 2 is 2.21 bits per heavy atom. The molecule has 1 fully saturated rings. The Bertz CT molecular complexity index is 324. The summed E-state index contributed by atoms with van der Waals surface area (Å²) < 4.78 is 0. The molecule has 0 bridgehead atoms. The maximum Gasteiger partial charge on any atom is 0.147 e. The molecule has 2 N–H and O–H groups in total. The summed E-state index contributed by atoms with van der Waals surface area (Å²) in [5, 5.41) is 7.55. The summed E-state index contributed by atoms with van der Waals surface area (Å²) in [4.78, 5) is 4.02. The van der Waals surface area contributed by atoms with Crippen LogP contribution in [0.4, 0.5) is 0 Å². The molecule has 5 heteroatoms. The zero-order valence-electron chi connectivity index (χ0n) is 7.56. The van der Waals surface area contributed by atoms with Gasteiger partial charge in [-0.3, -0.25) is 0 Å². The second-order valence-electron chi connectivity index (χ2n) is 3.25. The lowest BCUT2D eigenvalue weighted by Crippen LogP contribution is -2.42. The molecular formula is C9H11Cl2N3. The van der Waals surface area contributed by atoms with Crippen LogP contribution in [0.15, 0.2) is 12.3 Å². The van der Waals surface area contributed by atoms with Gasteiger partial charge in [0.1, 0.15) is 5.15 Å². The molecule has 1 aliphatic rings. The number of pyridine rings is 1. The topological polar surface area (TPSA) is 37.0 Å².